The summed E-state index contributed by atoms with van der Waals surface area (Å²) in [5.41, 5.74) is 0. The molecule has 3 heteroatoms. The highest BCUT2D eigenvalue weighted by Gasteiger charge is 2.41. The second-order valence-electron chi connectivity index (χ2n) is 4.52. The topological polar surface area (TPSA) is 30.5 Å². The SMILES string of the molecule is CCCCCCOC1CC(NC)C1OCC. The van der Waals surface area contributed by atoms with Crippen LogP contribution in [0.4, 0.5) is 0 Å². The Hall–Kier alpha value is -0.120. The molecule has 0 heterocycles. The van der Waals surface area contributed by atoms with Crippen LogP contribution in [0, 0.1) is 0 Å². The molecule has 3 nitrogen and oxygen atoms in total. The molecule has 16 heavy (non-hydrogen) atoms. The van der Waals surface area contributed by atoms with Crippen LogP contribution >= 0.6 is 0 Å². The van der Waals surface area contributed by atoms with E-state index in [1.165, 1.54) is 25.7 Å². The van der Waals surface area contributed by atoms with E-state index in [2.05, 4.69) is 12.2 Å². The van der Waals surface area contributed by atoms with Gasteiger partial charge in [-0.15, -0.1) is 0 Å². The van der Waals surface area contributed by atoms with Crippen LogP contribution in [0.15, 0.2) is 0 Å². The fourth-order valence-corrected chi connectivity index (χ4v) is 2.21. The predicted molar refractivity (Wildman–Crippen MR) is 66.8 cm³/mol. The third kappa shape index (κ3) is 4.04. The summed E-state index contributed by atoms with van der Waals surface area (Å²) in [7, 11) is 1.99. The lowest BCUT2D eigenvalue weighted by molar-refractivity contribution is -0.144. The normalized spacial score (nSPS) is 29.1. The third-order valence-electron chi connectivity index (χ3n) is 3.31. The van der Waals surface area contributed by atoms with Crippen molar-refractivity contribution in [2.24, 2.45) is 0 Å². The molecular formula is C13H27NO2. The summed E-state index contributed by atoms with van der Waals surface area (Å²) in [6.07, 6.45) is 6.76. The van der Waals surface area contributed by atoms with Gasteiger partial charge in [0.1, 0.15) is 0 Å². The van der Waals surface area contributed by atoms with Crippen LogP contribution in [-0.2, 0) is 9.47 Å². The van der Waals surface area contributed by atoms with Crippen molar-refractivity contribution in [3.05, 3.63) is 0 Å². The van der Waals surface area contributed by atoms with Crippen molar-refractivity contribution in [3.8, 4) is 0 Å². The summed E-state index contributed by atoms with van der Waals surface area (Å²) in [5, 5.41) is 3.27. The van der Waals surface area contributed by atoms with Crippen LogP contribution < -0.4 is 5.32 Å². The van der Waals surface area contributed by atoms with Gasteiger partial charge in [0.15, 0.2) is 0 Å². The summed E-state index contributed by atoms with van der Waals surface area (Å²) < 4.78 is 11.5. The van der Waals surface area contributed by atoms with Crippen molar-refractivity contribution < 1.29 is 9.47 Å². The minimum atomic E-state index is 0.265. The predicted octanol–water partition coefficient (Wildman–Crippen LogP) is 2.35. The Bertz CT molecular complexity index is 175. The molecule has 3 atom stereocenters. The fourth-order valence-electron chi connectivity index (χ4n) is 2.21. The highest BCUT2D eigenvalue weighted by atomic mass is 16.5. The zero-order chi connectivity index (χ0) is 11.8. The van der Waals surface area contributed by atoms with Gasteiger partial charge >= 0.3 is 0 Å². The highest BCUT2D eigenvalue weighted by Crippen LogP contribution is 2.27. The average Bonchev–Trinajstić information content (AvgIpc) is 2.29. The Morgan fingerprint density at radius 3 is 2.56 bits per heavy atom. The molecule has 1 aliphatic rings. The first-order chi connectivity index (χ1) is 7.83. The molecule has 0 aromatic heterocycles. The lowest BCUT2D eigenvalue weighted by atomic mass is 9.85. The zero-order valence-electron chi connectivity index (χ0n) is 11.0. The van der Waals surface area contributed by atoms with E-state index in [1.54, 1.807) is 0 Å². The maximum Gasteiger partial charge on any atom is 0.0990 e. The fraction of sp³-hybridized carbons (Fsp3) is 1.00. The first-order valence-corrected chi connectivity index (χ1v) is 6.73. The lowest BCUT2D eigenvalue weighted by Crippen LogP contribution is -2.59. The van der Waals surface area contributed by atoms with Crippen molar-refractivity contribution in [2.45, 2.75) is 64.2 Å². The van der Waals surface area contributed by atoms with E-state index in [9.17, 15) is 0 Å². The highest BCUT2D eigenvalue weighted by molar-refractivity contribution is 4.96. The Labute approximate surface area is 99.9 Å². The zero-order valence-corrected chi connectivity index (χ0v) is 11.0. The average molecular weight is 229 g/mol. The molecule has 3 unspecified atom stereocenters. The Morgan fingerprint density at radius 1 is 1.12 bits per heavy atom. The number of ether oxygens (including phenoxy) is 2. The van der Waals surface area contributed by atoms with Gasteiger partial charge in [-0.05, 0) is 26.8 Å². The molecule has 1 saturated carbocycles. The maximum absolute atomic E-state index is 5.86. The van der Waals surface area contributed by atoms with Crippen molar-refractivity contribution in [3.63, 3.8) is 0 Å². The van der Waals surface area contributed by atoms with Crippen LogP contribution in [0.3, 0.4) is 0 Å². The summed E-state index contributed by atoms with van der Waals surface area (Å²) in [4.78, 5) is 0. The van der Waals surface area contributed by atoms with Crippen LogP contribution in [0.2, 0.25) is 0 Å². The van der Waals surface area contributed by atoms with Crippen LogP contribution in [0.5, 0.6) is 0 Å². The van der Waals surface area contributed by atoms with Gasteiger partial charge in [-0.3, -0.25) is 0 Å². The molecule has 1 N–H and O–H groups in total. The van der Waals surface area contributed by atoms with E-state index in [-0.39, 0.29) is 6.10 Å². The number of hydrogen-bond acceptors (Lipinski definition) is 3. The minimum absolute atomic E-state index is 0.265. The van der Waals surface area contributed by atoms with E-state index >= 15 is 0 Å². The third-order valence-corrected chi connectivity index (χ3v) is 3.31. The summed E-state index contributed by atoms with van der Waals surface area (Å²) >= 11 is 0. The molecule has 1 aliphatic carbocycles. The van der Waals surface area contributed by atoms with Gasteiger partial charge in [0, 0.05) is 19.3 Å². The number of hydrogen-bond donors (Lipinski definition) is 1. The largest absolute Gasteiger partial charge is 0.375 e. The molecule has 0 bridgehead atoms. The summed E-state index contributed by atoms with van der Waals surface area (Å²) in [6, 6.07) is 0.487. The Balaban J connectivity index is 2.08. The minimum Gasteiger partial charge on any atom is -0.375 e. The van der Waals surface area contributed by atoms with Gasteiger partial charge in [-0.25, -0.2) is 0 Å². The van der Waals surface area contributed by atoms with Crippen molar-refractivity contribution in [1.82, 2.24) is 5.32 Å². The van der Waals surface area contributed by atoms with E-state index in [0.717, 1.165) is 19.6 Å². The number of rotatable bonds is 9. The number of unbranched alkanes of at least 4 members (excludes halogenated alkanes) is 3. The maximum atomic E-state index is 5.86. The molecule has 0 aliphatic heterocycles. The molecule has 96 valence electrons. The van der Waals surface area contributed by atoms with Gasteiger partial charge in [0.05, 0.1) is 12.2 Å². The molecule has 0 radical (unpaired) electrons. The second kappa shape index (κ2) is 8.04. The van der Waals surface area contributed by atoms with Crippen LogP contribution in [0.25, 0.3) is 0 Å². The molecule has 1 rings (SSSR count). The molecule has 1 fully saturated rings. The van der Waals surface area contributed by atoms with Crippen LogP contribution in [0.1, 0.15) is 46.0 Å². The standard InChI is InChI=1S/C13H27NO2/c1-4-6-7-8-9-16-12-10-11(14-3)13(12)15-5-2/h11-14H,4-10H2,1-3H3. The Morgan fingerprint density at radius 2 is 1.94 bits per heavy atom. The molecule has 0 aromatic rings. The summed E-state index contributed by atoms with van der Waals surface area (Å²) in [6.45, 7) is 5.95. The quantitative estimate of drug-likeness (QED) is 0.616. The lowest BCUT2D eigenvalue weighted by Gasteiger charge is -2.43. The van der Waals surface area contributed by atoms with Gasteiger partial charge in [0.2, 0.25) is 0 Å². The van der Waals surface area contributed by atoms with E-state index in [1.807, 2.05) is 14.0 Å². The van der Waals surface area contributed by atoms with Crippen molar-refractivity contribution >= 4 is 0 Å². The van der Waals surface area contributed by atoms with E-state index < -0.39 is 0 Å². The summed E-state index contributed by atoms with van der Waals surface area (Å²) in [5.74, 6) is 0. The first-order valence-electron chi connectivity index (χ1n) is 6.73. The van der Waals surface area contributed by atoms with Gasteiger partial charge in [0.25, 0.3) is 0 Å². The first kappa shape index (κ1) is 13.9. The van der Waals surface area contributed by atoms with E-state index in [4.69, 9.17) is 9.47 Å². The smallest absolute Gasteiger partial charge is 0.0990 e. The number of likely N-dealkylation sites (N-methyl/N-ethyl adjacent to an activating group) is 1. The molecule has 0 saturated heterocycles. The van der Waals surface area contributed by atoms with E-state index in [0.29, 0.717) is 12.1 Å². The van der Waals surface area contributed by atoms with Gasteiger partial charge < -0.3 is 14.8 Å². The second-order valence-corrected chi connectivity index (χ2v) is 4.52. The van der Waals surface area contributed by atoms with Crippen molar-refractivity contribution in [2.75, 3.05) is 20.3 Å². The molecule has 0 aromatic carbocycles. The molecule has 0 amide bonds. The van der Waals surface area contributed by atoms with Gasteiger partial charge in [-0.1, -0.05) is 26.2 Å². The monoisotopic (exact) mass is 229 g/mol. The van der Waals surface area contributed by atoms with Crippen molar-refractivity contribution in [1.29, 1.82) is 0 Å². The van der Waals surface area contributed by atoms with Crippen LogP contribution in [-0.4, -0.2) is 38.5 Å². The number of nitrogens with one attached hydrogen (secondary N) is 1. The van der Waals surface area contributed by atoms with Gasteiger partial charge in [-0.2, -0.15) is 0 Å². The molecular weight excluding hydrogens is 202 g/mol. The Kier molecular flexibility index (Phi) is 7.01. The molecule has 0 spiro atoms.